The van der Waals surface area contributed by atoms with Crippen LogP contribution in [-0.4, -0.2) is 36.7 Å². The summed E-state index contributed by atoms with van der Waals surface area (Å²) in [6, 6.07) is 5.78. The molecular weight excluding hydrogens is 358 g/mol. The number of benzene rings is 1. The summed E-state index contributed by atoms with van der Waals surface area (Å²) in [7, 11) is -2.02. The highest BCUT2D eigenvalue weighted by molar-refractivity contribution is 7.89. The van der Waals surface area contributed by atoms with E-state index in [1.54, 1.807) is 13.8 Å². The van der Waals surface area contributed by atoms with Gasteiger partial charge >= 0.3 is 0 Å². The maximum absolute atomic E-state index is 12.4. The van der Waals surface area contributed by atoms with Crippen LogP contribution in [0.15, 0.2) is 29.2 Å². The topological polar surface area (TPSA) is 79.4 Å². The second-order valence-corrected chi connectivity index (χ2v) is 9.17. The summed E-state index contributed by atoms with van der Waals surface area (Å²) in [5.74, 6) is -0.308. The van der Waals surface area contributed by atoms with Crippen LogP contribution in [0.1, 0.15) is 41.7 Å². The van der Waals surface area contributed by atoms with Gasteiger partial charge in [0.2, 0.25) is 10.0 Å². The molecule has 0 saturated carbocycles. The molecule has 8 heteroatoms. The molecule has 0 aliphatic rings. The number of hydrogen-bond donors (Lipinski definition) is 1. The number of carbonyl (C=O) groups is 1. The van der Waals surface area contributed by atoms with Crippen LogP contribution in [0.4, 0.5) is 5.13 Å². The van der Waals surface area contributed by atoms with Crippen LogP contribution >= 0.6 is 11.3 Å². The second kappa shape index (κ2) is 7.63. The summed E-state index contributed by atoms with van der Waals surface area (Å²) in [5, 5.41) is 3.31. The van der Waals surface area contributed by atoms with Crippen LogP contribution in [0.2, 0.25) is 0 Å². The van der Waals surface area contributed by atoms with Gasteiger partial charge < -0.3 is 0 Å². The van der Waals surface area contributed by atoms with Gasteiger partial charge in [-0.3, -0.25) is 10.1 Å². The van der Waals surface area contributed by atoms with Crippen LogP contribution in [0.5, 0.6) is 0 Å². The third-order valence-corrected chi connectivity index (χ3v) is 6.95. The van der Waals surface area contributed by atoms with Crippen molar-refractivity contribution in [1.82, 2.24) is 9.29 Å². The number of anilines is 1. The molecule has 0 saturated heterocycles. The molecule has 1 heterocycles. The molecule has 0 bridgehead atoms. The van der Waals surface area contributed by atoms with Gasteiger partial charge in [-0.25, -0.2) is 13.4 Å². The summed E-state index contributed by atoms with van der Waals surface area (Å²) in [6.45, 7) is 7.60. The Balaban J connectivity index is 2.17. The van der Waals surface area contributed by atoms with Crippen molar-refractivity contribution in [2.24, 2.45) is 0 Å². The first-order chi connectivity index (χ1) is 11.7. The van der Waals surface area contributed by atoms with Gasteiger partial charge in [0.25, 0.3) is 5.91 Å². The first-order valence-corrected chi connectivity index (χ1v) is 10.3. The van der Waals surface area contributed by atoms with Crippen LogP contribution < -0.4 is 5.32 Å². The Bertz CT molecular complexity index is 856. The van der Waals surface area contributed by atoms with Crippen molar-refractivity contribution in [2.45, 2.75) is 45.1 Å². The largest absolute Gasteiger partial charge is 0.298 e. The number of thiazole rings is 1. The zero-order chi connectivity index (χ0) is 18.8. The van der Waals surface area contributed by atoms with Gasteiger partial charge in [-0.15, -0.1) is 11.3 Å². The number of rotatable bonds is 6. The molecule has 1 aromatic heterocycles. The van der Waals surface area contributed by atoms with Gasteiger partial charge in [-0.2, -0.15) is 4.31 Å². The number of nitrogens with zero attached hydrogens (tertiary/aromatic N) is 2. The lowest BCUT2D eigenvalue weighted by atomic mass is 10.2. The SMILES string of the molecule is CCc1nc(NC(=O)c2ccc(S(=O)(=O)N(C)C(C)C)cc2)sc1C. The number of aromatic nitrogens is 1. The molecule has 2 rings (SSSR count). The number of sulfonamides is 1. The Morgan fingerprint density at radius 3 is 2.36 bits per heavy atom. The lowest BCUT2D eigenvalue weighted by Crippen LogP contribution is -2.33. The van der Waals surface area contributed by atoms with E-state index in [0.717, 1.165) is 17.0 Å². The van der Waals surface area contributed by atoms with Gasteiger partial charge in [-0.1, -0.05) is 6.92 Å². The summed E-state index contributed by atoms with van der Waals surface area (Å²) in [5.41, 5.74) is 1.36. The van der Waals surface area contributed by atoms with Gasteiger partial charge in [0.1, 0.15) is 0 Å². The number of amides is 1. The third-order valence-electron chi connectivity index (χ3n) is 3.97. The highest BCUT2D eigenvalue weighted by Crippen LogP contribution is 2.23. The maximum atomic E-state index is 12.4. The molecule has 2 aromatic rings. The number of nitrogens with one attached hydrogen (secondary N) is 1. The molecule has 6 nitrogen and oxygen atoms in total. The smallest absolute Gasteiger partial charge is 0.257 e. The van der Waals surface area contributed by atoms with Crippen molar-refractivity contribution in [3.05, 3.63) is 40.4 Å². The van der Waals surface area contributed by atoms with E-state index < -0.39 is 10.0 Å². The van der Waals surface area contributed by atoms with Crippen molar-refractivity contribution in [1.29, 1.82) is 0 Å². The average molecular weight is 382 g/mol. The molecule has 1 amide bonds. The minimum Gasteiger partial charge on any atom is -0.298 e. The van der Waals surface area contributed by atoms with E-state index in [2.05, 4.69) is 10.3 Å². The Morgan fingerprint density at radius 1 is 1.28 bits per heavy atom. The highest BCUT2D eigenvalue weighted by atomic mass is 32.2. The third kappa shape index (κ3) is 4.26. The predicted octanol–water partition coefficient (Wildman–Crippen LogP) is 3.30. The molecule has 0 aliphatic carbocycles. The lowest BCUT2D eigenvalue weighted by molar-refractivity contribution is 0.102. The molecule has 0 fully saturated rings. The average Bonchev–Trinajstić information content (AvgIpc) is 2.93. The van der Waals surface area contributed by atoms with Crippen LogP contribution in [0.3, 0.4) is 0 Å². The monoisotopic (exact) mass is 381 g/mol. The molecule has 136 valence electrons. The van der Waals surface area contributed by atoms with Crippen molar-refractivity contribution in [2.75, 3.05) is 12.4 Å². The molecule has 25 heavy (non-hydrogen) atoms. The van der Waals surface area contributed by atoms with E-state index in [1.807, 2.05) is 13.8 Å². The van der Waals surface area contributed by atoms with Crippen molar-refractivity contribution in [3.8, 4) is 0 Å². The van der Waals surface area contributed by atoms with Crippen molar-refractivity contribution in [3.63, 3.8) is 0 Å². The highest BCUT2D eigenvalue weighted by Gasteiger charge is 2.23. The fraction of sp³-hybridized carbons (Fsp3) is 0.412. The van der Waals surface area contributed by atoms with Gasteiger partial charge in [0, 0.05) is 23.5 Å². The molecule has 0 spiro atoms. The second-order valence-electron chi connectivity index (χ2n) is 5.97. The number of carbonyl (C=O) groups excluding carboxylic acids is 1. The zero-order valence-corrected chi connectivity index (χ0v) is 16.7. The van der Waals surface area contributed by atoms with Crippen molar-refractivity contribution >= 4 is 32.4 Å². The van der Waals surface area contributed by atoms with Crippen LogP contribution in [-0.2, 0) is 16.4 Å². The Morgan fingerprint density at radius 2 is 1.88 bits per heavy atom. The summed E-state index contributed by atoms with van der Waals surface area (Å²) >= 11 is 1.43. The maximum Gasteiger partial charge on any atom is 0.257 e. The van der Waals surface area contributed by atoms with Gasteiger partial charge in [0.05, 0.1) is 10.6 Å². The number of hydrogen-bond acceptors (Lipinski definition) is 5. The Labute approximate surface area is 153 Å². The van der Waals surface area contributed by atoms with E-state index in [9.17, 15) is 13.2 Å². The molecule has 0 aliphatic heterocycles. The van der Waals surface area contributed by atoms with E-state index in [4.69, 9.17) is 0 Å². The molecule has 0 radical (unpaired) electrons. The summed E-state index contributed by atoms with van der Waals surface area (Å²) in [6.07, 6.45) is 0.814. The molecule has 0 unspecified atom stereocenters. The molecular formula is C17H23N3O3S2. The minimum atomic E-state index is -3.55. The van der Waals surface area contributed by atoms with Crippen LogP contribution in [0.25, 0.3) is 0 Å². The zero-order valence-electron chi connectivity index (χ0n) is 15.0. The molecule has 1 N–H and O–H groups in total. The standard InChI is InChI=1S/C17H23N3O3S2/c1-6-15-12(4)24-17(18-15)19-16(21)13-7-9-14(10-8-13)25(22,23)20(5)11(2)3/h7-11H,6H2,1-5H3,(H,18,19,21). The van der Waals surface area contributed by atoms with Gasteiger partial charge in [-0.05, 0) is 51.5 Å². The number of aryl methyl sites for hydroxylation is 2. The fourth-order valence-corrected chi connectivity index (χ4v) is 4.47. The molecule has 1 aromatic carbocycles. The van der Waals surface area contributed by atoms with Gasteiger partial charge in [0.15, 0.2) is 5.13 Å². The van der Waals surface area contributed by atoms with E-state index in [1.165, 1.54) is 47.0 Å². The van der Waals surface area contributed by atoms with E-state index >= 15 is 0 Å². The quantitative estimate of drug-likeness (QED) is 0.833. The van der Waals surface area contributed by atoms with Crippen LogP contribution in [0, 0.1) is 6.92 Å². The summed E-state index contributed by atoms with van der Waals surface area (Å²) < 4.78 is 26.2. The fourth-order valence-electron chi connectivity index (χ4n) is 2.20. The van der Waals surface area contributed by atoms with E-state index in [0.29, 0.717) is 10.7 Å². The predicted molar refractivity (Wildman–Crippen MR) is 101 cm³/mol. The Hall–Kier alpha value is -1.77. The van der Waals surface area contributed by atoms with E-state index in [-0.39, 0.29) is 16.8 Å². The Kier molecular flexibility index (Phi) is 5.97. The first kappa shape index (κ1) is 19.6. The summed E-state index contributed by atoms with van der Waals surface area (Å²) in [4.78, 5) is 17.9. The normalized spacial score (nSPS) is 12.0. The lowest BCUT2D eigenvalue weighted by Gasteiger charge is -2.20. The molecule has 0 atom stereocenters. The first-order valence-electron chi connectivity index (χ1n) is 8.02. The van der Waals surface area contributed by atoms with Crippen molar-refractivity contribution < 1.29 is 13.2 Å². The minimum absolute atomic E-state index is 0.145.